The van der Waals surface area contributed by atoms with Crippen molar-refractivity contribution in [3.05, 3.63) is 0 Å². The van der Waals surface area contributed by atoms with Gasteiger partial charge >= 0.3 is 0 Å². The summed E-state index contributed by atoms with van der Waals surface area (Å²) in [7, 11) is 0. The summed E-state index contributed by atoms with van der Waals surface area (Å²) in [5.74, 6) is 3.34. The van der Waals surface area contributed by atoms with Gasteiger partial charge in [0.05, 0.1) is 0 Å². The molecule has 4 bridgehead atoms. The van der Waals surface area contributed by atoms with Crippen molar-refractivity contribution in [1.82, 2.24) is 5.32 Å². The van der Waals surface area contributed by atoms with Crippen LogP contribution in [0, 0.1) is 23.2 Å². The molecule has 4 aliphatic rings. The second-order valence-corrected chi connectivity index (χ2v) is 8.60. The first-order valence-corrected chi connectivity index (χ1v) is 8.65. The molecule has 0 aliphatic heterocycles. The van der Waals surface area contributed by atoms with Gasteiger partial charge in [0, 0.05) is 11.0 Å². The van der Waals surface area contributed by atoms with Gasteiger partial charge in [0.1, 0.15) is 5.84 Å². The average Bonchev–Trinajstić information content (AvgIpc) is 2.41. The number of amidine groups is 1. The maximum Gasteiger partial charge on any atom is 0.144 e. The normalized spacial score (nSPS) is 39.0. The molecule has 120 valence electrons. The van der Waals surface area contributed by atoms with Crippen LogP contribution in [-0.4, -0.2) is 23.1 Å². The molecule has 0 unspecified atom stereocenters. The molecule has 4 heteroatoms. The molecule has 0 heterocycles. The van der Waals surface area contributed by atoms with Crippen LogP contribution in [0.25, 0.3) is 0 Å². The maximum atomic E-state index is 8.83. The molecule has 0 atom stereocenters. The fraction of sp³-hybridized carbons (Fsp3) is 0.941. The second-order valence-electron chi connectivity index (χ2n) is 8.60. The molecule has 4 nitrogen and oxygen atoms in total. The van der Waals surface area contributed by atoms with Gasteiger partial charge in [-0.25, -0.2) is 0 Å². The van der Waals surface area contributed by atoms with E-state index < -0.39 is 0 Å². The average molecular weight is 293 g/mol. The molecule has 4 aliphatic carbocycles. The zero-order chi connectivity index (χ0) is 15.1. The highest BCUT2D eigenvalue weighted by molar-refractivity contribution is 5.85. The van der Waals surface area contributed by atoms with E-state index in [0.717, 1.165) is 37.1 Å². The summed E-state index contributed by atoms with van der Waals surface area (Å²) in [5.41, 5.74) is 6.00. The molecule has 4 saturated carbocycles. The summed E-state index contributed by atoms with van der Waals surface area (Å²) in [4.78, 5) is 0. The van der Waals surface area contributed by atoms with Crippen molar-refractivity contribution >= 4 is 5.84 Å². The zero-order valence-corrected chi connectivity index (χ0v) is 13.6. The molecule has 0 spiro atoms. The van der Waals surface area contributed by atoms with Crippen LogP contribution in [0.1, 0.15) is 65.2 Å². The number of nitrogens with zero attached hydrogens (tertiary/aromatic N) is 1. The Morgan fingerprint density at radius 2 is 1.71 bits per heavy atom. The van der Waals surface area contributed by atoms with Crippen LogP contribution in [0.4, 0.5) is 0 Å². The maximum absolute atomic E-state index is 8.83. The van der Waals surface area contributed by atoms with E-state index in [0.29, 0.717) is 11.4 Å². The van der Waals surface area contributed by atoms with Crippen LogP contribution in [-0.2, 0) is 0 Å². The van der Waals surface area contributed by atoms with Crippen molar-refractivity contribution < 1.29 is 5.21 Å². The first-order chi connectivity index (χ1) is 9.92. The number of oxime groups is 1. The van der Waals surface area contributed by atoms with Crippen LogP contribution in [0.2, 0.25) is 0 Å². The van der Waals surface area contributed by atoms with Crippen LogP contribution in [0.5, 0.6) is 0 Å². The van der Waals surface area contributed by atoms with Gasteiger partial charge in [-0.2, -0.15) is 0 Å². The molecule has 4 fully saturated rings. The lowest BCUT2D eigenvalue weighted by molar-refractivity contribution is -0.0197. The highest BCUT2D eigenvalue weighted by atomic mass is 16.4. The highest BCUT2D eigenvalue weighted by Crippen LogP contribution is 2.55. The van der Waals surface area contributed by atoms with Gasteiger partial charge in [-0.1, -0.05) is 19.0 Å². The monoisotopic (exact) mass is 293 g/mol. The van der Waals surface area contributed by atoms with E-state index in [4.69, 9.17) is 10.9 Å². The molecule has 0 aromatic carbocycles. The Kier molecular flexibility index (Phi) is 3.93. The van der Waals surface area contributed by atoms with E-state index in [1.54, 1.807) is 0 Å². The third kappa shape index (κ3) is 3.05. The topological polar surface area (TPSA) is 70.6 Å². The van der Waals surface area contributed by atoms with Gasteiger partial charge < -0.3 is 16.3 Å². The molecule has 0 aromatic rings. The number of hydrogen-bond acceptors (Lipinski definition) is 3. The van der Waals surface area contributed by atoms with Gasteiger partial charge in [0.15, 0.2) is 0 Å². The van der Waals surface area contributed by atoms with E-state index >= 15 is 0 Å². The molecular formula is C17H31N3O. The van der Waals surface area contributed by atoms with Gasteiger partial charge in [-0.15, -0.1) is 0 Å². The SMILES string of the molecule is CC(C)(CCCNC12CC3CC(CC(C3)C1)C2)C(N)=NO. The summed E-state index contributed by atoms with van der Waals surface area (Å²) in [6, 6.07) is 0. The molecule has 4 N–H and O–H groups in total. The first kappa shape index (κ1) is 15.1. The third-order valence-corrected chi connectivity index (χ3v) is 6.32. The van der Waals surface area contributed by atoms with Crippen LogP contribution in [0.15, 0.2) is 5.16 Å². The minimum atomic E-state index is -0.210. The second kappa shape index (κ2) is 5.45. The Morgan fingerprint density at radius 1 is 1.19 bits per heavy atom. The first-order valence-electron chi connectivity index (χ1n) is 8.65. The van der Waals surface area contributed by atoms with Crippen LogP contribution in [0.3, 0.4) is 0 Å². The van der Waals surface area contributed by atoms with E-state index in [1.165, 1.54) is 38.5 Å². The predicted molar refractivity (Wildman–Crippen MR) is 85.3 cm³/mol. The lowest BCUT2D eigenvalue weighted by Gasteiger charge is -2.57. The summed E-state index contributed by atoms with van der Waals surface area (Å²) < 4.78 is 0. The Hall–Kier alpha value is -0.770. The Balaban J connectivity index is 1.48. The number of nitrogens with one attached hydrogen (secondary N) is 1. The van der Waals surface area contributed by atoms with Gasteiger partial charge in [0.25, 0.3) is 0 Å². The fourth-order valence-corrected chi connectivity index (χ4v) is 5.47. The quantitative estimate of drug-likeness (QED) is 0.232. The largest absolute Gasteiger partial charge is 0.409 e. The van der Waals surface area contributed by atoms with Crippen LogP contribution >= 0.6 is 0 Å². The number of nitrogens with two attached hydrogens (primary N) is 1. The Morgan fingerprint density at radius 3 is 2.19 bits per heavy atom. The Labute approximate surface area is 128 Å². The number of rotatable bonds is 6. The lowest BCUT2D eigenvalue weighted by atomic mass is 9.53. The van der Waals surface area contributed by atoms with Crippen LogP contribution < -0.4 is 11.1 Å². The van der Waals surface area contributed by atoms with E-state index in [2.05, 4.69) is 10.5 Å². The van der Waals surface area contributed by atoms with Crippen molar-refractivity contribution in [2.75, 3.05) is 6.54 Å². The summed E-state index contributed by atoms with van der Waals surface area (Å²) >= 11 is 0. The van der Waals surface area contributed by atoms with E-state index in [9.17, 15) is 0 Å². The molecule has 0 saturated heterocycles. The molecular weight excluding hydrogens is 262 g/mol. The van der Waals surface area contributed by atoms with E-state index in [-0.39, 0.29) is 5.41 Å². The third-order valence-electron chi connectivity index (χ3n) is 6.32. The zero-order valence-electron chi connectivity index (χ0n) is 13.6. The summed E-state index contributed by atoms with van der Waals surface area (Å²) in [5, 5.41) is 15.9. The predicted octanol–water partition coefficient (Wildman–Crippen LogP) is 3.10. The van der Waals surface area contributed by atoms with Crippen molar-refractivity contribution in [3.8, 4) is 0 Å². The summed E-state index contributed by atoms with van der Waals surface area (Å²) in [6.07, 6.45) is 10.8. The smallest absolute Gasteiger partial charge is 0.144 e. The molecule has 4 rings (SSSR count). The minimum absolute atomic E-state index is 0.210. The highest BCUT2D eigenvalue weighted by Gasteiger charge is 2.50. The standard InChI is InChI=1S/C17H31N3O/c1-16(2,15(18)20-21)4-3-5-19-17-9-12-6-13(10-17)8-14(7-12)11-17/h12-14,19,21H,3-11H2,1-2H3,(H2,18,20). The molecule has 21 heavy (non-hydrogen) atoms. The van der Waals surface area contributed by atoms with Gasteiger partial charge in [-0.05, 0) is 75.7 Å². The van der Waals surface area contributed by atoms with Crippen molar-refractivity contribution in [1.29, 1.82) is 0 Å². The van der Waals surface area contributed by atoms with E-state index in [1.807, 2.05) is 13.8 Å². The van der Waals surface area contributed by atoms with Gasteiger partial charge in [-0.3, -0.25) is 0 Å². The molecule has 0 radical (unpaired) electrons. The van der Waals surface area contributed by atoms with Crippen molar-refractivity contribution in [3.63, 3.8) is 0 Å². The fourth-order valence-electron chi connectivity index (χ4n) is 5.47. The summed E-state index contributed by atoms with van der Waals surface area (Å²) in [6.45, 7) is 5.16. The molecule has 0 aromatic heterocycles. The van der Waals surface area contributed by atoms with Crippen molar-refractivity contribution in [2.24, 2.45) is 34.1 Å². The van der Waals surface area contributed by atoms with Crippen molar-refractivity contribution in [2.45, 2.75) is 70.8 Å². The minimum Gasteiger partial charge on any atom is -0.409 e. The Bertz CT molecular complexity index is 381. The van der Waals surface area contributed by atoms with Gasteiger partial charge in [0.2, 0.25) is 0 Å². The lowest BCUT2D eigenvalue weighted by Crippen LogP contribution is -2.58. The molecule has 0 amide bonds. The number of hydrogen-bond donors (Lipinski definition) is 3.